The Morgan fingerprint density at radius 1 is 0.418 bits per heavy atom. The topological polar surface area (TPSA) is 4.93 Å². The second kappa shape index (κ2) is 11.5. The van der Waals surface area contributed by atoms with Crippen molar-refractivity contribution < 1.29 is 0 Å². The summed E-state index contributed by atoms with van der Waals surface area (Å²) in [6, 6.07) is 58.4. The van der Waals surface area contributed by atoms with Crippen LogP contribution < -0.4 is 0 Å². The first-order valence-corrected chi connectivity index (χ1v) is 19.9. The molecule has 0 fully saturated rings. The van der Waals surface area contributed by atoms with Gasteiger partial charge in [-0.2, -0.15) is 0 Å². The molecule has 260 valence electrons. The molecule has 0 amide bonds. The number of hydrogen-bond donors (Lipinski definition) is 0. The third kappa shape index (κ3) is 4.53. The van der Waals surface area contributed by atoms with Gasteiger partial charge in [-0.05, 0) is 168 Å². The lowest BCUT2D eigenvalue weighted by atomic mass is 9.89. The lowest BCUT2D eigenvalue weighted by Crippen LogP contribution is -2.00. The van der Waals surface area contributed by atoms with Crippen molar-refractivity contribution in [1.29, 1.82) is 0 Å². The minimum absolute atomic E-state index is 0.938. The molecule has 2 aliphatic carbocycles. The van der Waals surface area contributed by atoms with E-state index in [1.165, 1.54) is 128 Å². The number of aromatic nitrogens is 1. The molecule has 0 N–H and O–H groups in total. The van der Waals surface area contributed by atoms with E-state index in [-0.39, 0.29) is 0 Å². The monoisotopic (exact) mass is 701 g/mol. The maximum Gasteiger partial charge on any atom is 0.0582 e. The van der Waals surface area contributed by atoms with Gasteiger partial charge in [-0.1, -0.05) is 117 Å². The molecule has 1 heteroatoms. The van der Waals surface area contributed by atoms with Crippen molar-refractivity contribution in [2.75, 3.05) is 0 Å². The molecule has 12 rings (SSSR count). The van der Waals surface area contributed by atoms with E-state index in [0.717, 1.165) is 25.7 Å². The number of hydrogen-bond acceptors (Lipinski definition) is 0. The van der Waals surface area contributed by atoms with Crippen LogP contribution >= 0.6 is 0 Å². The molecular formula is C54H39N. The number of para-hydroxylation sites is 1. The van der Waals surface area contributed by atoms with Crippen LogP contribution in [0.25, 0.3) is 94.3 Å². The molecule has 9 aromatic rings. The number of benzene rings is 8. The van der Waals surface area contributed by atoms with Gasteiger partial charge in [0.2, 0.25) is 0 Å². The molecule has 1 nitrogen and oxygen atoms in total. The highest BCUT2D eigenvalue weighted by Gasteiger charge is 2.35. The van der Waals surface area contributed by atoms with Crippen LogP contribution in [0.2, 0.25) is 0 Å². The van der Waals surface area contributed by atoms with Crippen molar-refractivity contribution in [3.63, 3.8) is 0 Å². The smallest absolute Gasteiger partial charge is 0.0582 e. The Hall–Kier alpha value is -6.44. The van der Waals surface area contributed by atoms with Gasteiger partial charge in [0, 0.05) is 22.9 Å². The predicted octanol–water partition coefficient (Wildman–Crippen LogP) is 14.0. The summed E-state index contributed by atoms with van der Waals surface area (Å²) in [4.78, 5) is 0. The van der Waals surface area contributed by atoms with E-state index in [4.69, 9.17) is 0 Å². The SMILES string of the molecule is CCc1cc2cc(c1)-c1ccc3c4c1Cc1c-4c(cc4c5ccccc5n(c14)-c1cc(CC)cc(c1)-c1cccc(c1)-c1cccc(c1)-c1cccc-2c1)C3. The van der Waals surface area contributed by atoms with Gasteiger partial charge in [0.05, 0.1) is 11.0 Å². The molecule has 0 spiro atoms. The highest BCUT2D eigenvalue weighted by molar-refractivity contribution is 6.14. The molecule has 0 saturated heterocycles. The Kier molecular flexibility index (Phi) is 6.49. The highest BCUT2D eigenvalue weighted by atomic mass is 15.0. The predicted molar refractivity (Wildman–Crippen MR) is 231 cm³/mol. The van der Waals surface area contributed by atoms with Crippen LogP contribution in [0.4, 0.5) is 0 Å². The number of nitrogens with zero attached hydrogens (tertiary/aromatic N) is 1. The van der Waals surface area contributed by atoms with E-state index in [1.807, 2.05) is 0 Å². The van der Waals surface area contributed by atoms with Crippen LogP contribution in [-0.2, 0) is 25.7 Å². The third-order valence-electron chi connectivity index (χ3n) is 12.8. The summed E-state index contributed by atoms with van der Waals surface area (Å²) in [6.07, 6.45) is 3.90. The maximum absolute atomic E-state index is 2.60. The number of aryl methyl sites for hydroxylation is 2. The fourth-order valence-electron chi connectivity index (χ4n) is 10.2. The molecule has 2 heterocycles. The second-order valence-corrected chi connectivity index (χ2v) is 15.9. The van der Waals surface area contributed by atoms with Crippen molar-refractivity contribution in [3.8, 4) is 72.4 Å². The Morgan fingerprint density at radius 2 is 0.982 bits per heavy atom. The fraction of sp³-hybridized carbons (Fsp3) is 0.111. The van der Waals surface area contributed by atoms with Crippen LogP contribution in [0.5, 0.6) is 0 Å². The summed E-state index contributed by atoms with van der Waals surface area (Å²) in [6.45, 7) is 4.56. The van der Waals surface area contributed by atoms with Crippen molar-refractivity contribution in [2.45, 2.75) is 39.5 Å². The zero-order valence-electron chi connectivity index (χ0n) is 31.2. The van der Waals surface area contributed by atoms with Crippen molar-refractivity contribution in [3.05, 3.63) is 185 Å². The first-order valence-electron chi connectivity index (χ1n) is 19.9. The standard InChI is InChI=1S/C54H39N/c1-3-32-20-41-28-43(22-32)46-19-18-40-27-44-30-49-47-16-5-6-17-51(47)55(54(49)50-31-48(46)52(40)53(44)50)45-23-33(4-2)21-42(29-45)39-15-9-13-37(26-39)35-11-7-10-34(24-35)36-12-8-14-38(41)25-36/h5-26,28-30H,3-4,27,31H2,1-2H3. The third-order valence-corrected chi connectivity index (χ3v) is 12.8. The lowest BCUT2D eigenvalue weighted by molar-refractivity contribution is 1.10. The lowest BCUT2D eigenvalue weighted by Gasteiger charge is -2.16. The first kappa shape index (κ1) is 31.0. The van der Waals surface area contributed by atoms with Crippen LogP contribution in [-0.4, -0.2) is 4.57 Å². The zero-order chi connectivity index (χ0) is 36.4. The average molecular weight is 702 g/mol. The van der Waals surface area contributed by atoms with Crippen LogP contribution in [0.1, 0.15) is 47.2 Å². The second-order valence-electron chi connectivity index (χ2n) is 15.9. The normalized spacial score (nSPS) is 12.9. The first-order chi connectivity index (χ1) is 27.1. The van der Waals surface area contributed by atoms with E-state index in [0.29, 0.717) is 0 Å². The largest absolute Gasteiger partial charge is 0.309 e. The van der Waals surface area contributed by atoms with E-state index < -0.39 is 0 Å². The van der Waals surface area contributed by atoms with Gasteiger partial charge in [0.25, 0.3) is 0 Å². The fourth-order valence-corrected chi connectivity index (χ4v) is 10.2. The van der Waals surface area contributed by atoms with Gasteiger partial charge in [0.15, 0.2) is 0 Å². The van der Waals surface area contributed by atoms with Crippen LogP contribution in [0.3, 0.4) is 0 Å². The van der Waals surface area contributed by atoms with Crippen molar-refractivity contribution >= 4 is 21.8 Å². The van der Waals surface area contributed by atoms with Gasteiger partial charge in [-0.3, -0.25) is 0 Å². The van der Waals surface area contributed by atoms with Gasteiger partial charge in [-0.25, -0.2) is 0 Å². The number of rotatable bonds is 2. The van der Waals surface area contributed by atoms with Gasteiger partial charge in [0.1, 0.15) is 0 Å². The maximum atomic E-state index is 2.60. The molecule has 12 bridgehead atoms. The molecule has 1 aliphatic heterocycles. The Balaban J connectivity index is 1.20. The molecule has 3 aliphatic rings. The average Bonchev–Trinajstić information content (AvgIpc) is 3.94. The van der Waals surface area contributed by atoms with Crippen LogP contribution in [0, 0.1) is 0 Å². The minimum atomic E-state index is 0.938. The summed E-state index contributed by atoms with van der Waals surface area (Å²) < 4.78 is 2.60. The molecule has 0 unspecified atom stereocenters. The van der Waals surface area contributed by atoms with E-state index >= 15 is 0 Å². The van der Waals surface area contributed by atoms with Crippen molar-refractivity contribution in [2.24, 2.45) is 0 Å². The van der Waals surface area contributed by atoms with Gasteiger partial charge in [-0.15, -0.1) is 0 Å². The molecule has 0 saturated carbocycles. The van der Waals surface area contributed by atoms with E-state index in [1.54, 1.807) is 0 Å². The van der Waals surface area contributed by atoms with E-state index in [9.17, 15) is 0 Å². The summed E-state index contributed by atoms with van der Waals surface area (Å²) in [5.41, 5.74) is 28.2. The molecule has 55 heavy (non-hydrogen) atoms. The van der Waals surface area contributed by atoms with Crippen molar-refractivity contribution in [1.82, 2.24) is 4.57 Å². The summed E-state index contributed by atoms with van der Waals surface area (Å²) in [5, 5.41) is 2.70. The minimum Gasteiger partial charge on any atom is -0.309 e. The van der Waals surface area contributed by atoms with Crippen LogP contribution in [0.15, 0.2) is 152 Å². The molecular weight excluding hydrogens is 663 g/mol. The molecule has 1 aromatic heterocycles. The van der Waals surface area contributed by atoms with E-state index in [2.05, 4.69) is 170 Å². The Bertz CT molecular complexity index is 3110. The molecule has 0 radical (unpaired) electrons. The summed E-state index contributed by atoms with van der Waals surface area (Å²) in [5.74, 6) is 0. The Morgan fingerprint density at radius 3 is 1.65 bits per heavy atom. The highest BCUT2D eigenvalue weighted by Crippen LogP contribution is 2.54. The summed E-state index contributed by atoms with van der Waals surface area (Å²) >= 11 is 0. The molecule has 0 atom stereocenters. The quantitative estimate of drug-likeness (QED) is 0.169. The Labute approximate surface area is 322 Å². The summed E-state index contributed by atoms with van der Waals surface area (Å²) in [7, 11) is 0. The number of fused-ring (bicyclic) bond motifs is 19. The molecule has 8 aromatic carbocycles. The van der Waals surface area contributed by atoms with Gasteiger partial charge >= 0.3 is 0 Å². The zero-order valence-corrected chi connectivity index (χ0v) is 31.2. The van der Waals surface area contributed by atoms with Gasteiger partial charge < -0.3 is 4.57 Å².